The van der Waals surface area contributed by atoms with Crippen LogP contribution in [0.2, 0.25) is 0 Å². The number of ether oxygens (including phenoxy) is 1. The Balaban J connectivity index is 1.17. The van der Waals surface area contributed by atoms with Crippen LogP contribution < -0.4 is 4.90 Å². The Bertz CT molecular complexity index is 1200. The normalized spacial score (nSPS) is 20.8. The molecule has 6 heterocycles. The lowest BCUT2D eigenvalue weighted by molar-refractivity contribution is -0.136. The summed E-state index contributed by atoms with van der Waals surface area (Å²) in [6, 6.07) is 3.84. The zero-order valence-corrected chi connectivity index (χ0v) is 22.3. The van der Waals surface area contributed by atoms with Crippen LogP contribution in [0, 0.1) is 5.92 Å². The second kappa shape index (κ2) is 11.8. The largest absolute Gasteiger partial charge is 0.467 e. The number of nitrogens with zero attached hydrogens (tertiary/aromatic N) is 7. The number of amides is 1. The summed E-state index contributed by atoms with van der Waals surface area (Å²) >= 11 is 0. The van der Waals surface area contributed by atoms with E-state index in [0.29, 0.717) is 13.1 Å². The average molecular weight is 522 g/mol. The molecule has 2 saturated heterocycles. The monoisotopic (exact) mass is 521 g/mol. The molecule has 6 rings (SSSR count). The fourth-order valence-corrected chi connectivity index (χ4v) is 6.15. The van der Waals surface area contributed by atoms with Crippen molar-refractivity contribution in [3.05, 3.63) is 36.3 Å². The topological polar surface area (TPSA) is 92.8 Å². The summed E-state index contributed by atoms with van der Waals surface area (Å²) in [7, 11) is 0. The Kier molecular flexibility index (Phi) is 7.87. The van der Waals surface area contributed by atoms with E-state index in [1.54, 1.807) is 12.6 Å². The van der Waals surface area contributed by atoms with Gasteiger partial charge in [0.25, 0.3) is 0 Å². The zero-order chi connectivity index (χ0) is 25.7. The Morgan fingerprint density at radius 1 is 1.08 bits per heavy atom. The summed E-state index contributed by atoms with van der Waals surface area (Å²) in [5.74, 6) is 2.95. The number of piperidine rings is 1. The highest BCUT2D eigenvalue weighted by molar-refractivity contribution is 5.85. The highest BCUT2D eigenvalue weighted by atomic mass is 16.5. The standard InChI is InChI=1S/C28H39N7O3/c36-28(34(20-23-8-5-16-38-23)12-6-10-32-14-17-37-18-15-32)22-7-4-11-33(19-22)26-25-27(30-21-29-26)35-13-3-1-2-9-24(35)31-25/h5,8,16,21-22H,1-4,6-7,9-15,17-20H2. The third-order valence-electron chi connectivity index (χ3n) is 8.19. The quantitative estimate of drug-likeness (QED) is 0.447. The van der Waals surface area contributed by atoms with Gasteiger partial charge < -0.3 is 23.5 Å². The van der Waals surface area contributed by atoms with Crippen molar-refractivity contribution in [2.24, 2.45) is 5.92 Å². The van der Waals surface area contributed by atoms with E-state index in [0.717, 1.165) is 113 Å². The molecule has 2 fully saturated rings. The fraction of sp³-hybridized carbons (Fsp3) is 0.643. The van der Waals surface area contributed by atoms with Gasteiger partial charge in [0.05, 0.1) is 31.9 Å². The van der Waals surface area contributed by atoms with Gasteiger partial charge in [-0.1, -0.05) is 6.42 Å². The van der Waals surface area contributed by atoms with Crippen LogP contribution in [0.3, 0.4) is 0 Å². The number of carbonyl (C=O) groups excluding carboxylic acids is 1. The molecule has 0 saturated carbocycles. The second-order valence-corrected chi connectivity index (χ2v) is 10.8. The van der Waals surface area contributed by atoms with Crippen LogP contribution in [0.4, 0.5) is 5.82 Å². The first-order valence-electron chi connectivity index (χ1n) is 14.3. The van der Waals surface area contributed by atoms with Gasteiger partial charge in [-0.3, -0.25) is 9.69 Å². The van der Waals surface area contributed by atoms with Crippen molar-refractivity contribution in [1.82, 2.24) is 29.3 Å². The Morgan fingerprint density at radius 2 is 2.00 bits per heavy atom. The number of rotatable bonds is 8. The number of morpholine rings is 1. The molecule has 1 amide bonds. The summed E-state index contributed by atoms with van der Waals surface area (Å²) in [6.45, 7) is 8.24. The summed E-state index contributed by atoms with van der Waals surface area (Å²) in [6.07, 6.45) is 10.7. The van der Waals surface area contributed by atoms with E-state index in [9.17, 15) is 4.79 Å². The molecule has 38 heavy (non-hydrogen) atoms. The maximum absolute atomic E-state index is 13.9. The summed E-state index contributed by atoms with van der Waals surface area (Å²) in [5, 5.41) is 0. The predicted octanol–water partition coefficient (Wildman–Crippen LogP) is 3.11. The van der Waals surface area contributed by atoms with Crippen LogP contribution in [-0.2, 0) is 29.0 Å². The van der Waals surface area contributed by atoms with Gasteiger partial charge in [-0.05, 0) is 44.2 Å². The first kappa shape index (κ1) is 25.3. The smallest absolute Gasteiger partial charge is 0.227 e. The van der Waals surface area contributed by atoms with Crippen LogP contribution in [0.25, 0.3) is 11.2 Å². The van der Waals surface area contributed by atoms with Crippen molar-refractivity contribution in [2.75, 3.05) is 57.4 Å². The van der Waals surface area contributed by atoms with Gasteiger partial charge in [-0.15, -0.1) is 0 Å². The lowest BCUT2D eigenvalue weighted by atomic mass is 9.96. The molecule has 1 unspecified atom stereocenters. The first-order chi connectivity index (χ1) is 18.8. The third-order valence-corrected chi connectivity index (χ3v) is 8.19. The van der Waals surface area contributed by atoms with Gasteiger partial charge in [0.1, 0.15) is 17.9 Å². The maximum atomic E-state index is 13.9. The number of hydrogen-bond donors (Lipinski definition) is 0. The molecule has 0 N–H and O–H groups in total. The van der Waals surface area contributed by atoms with Crippen LogP contribution in [-0.4, -0.2) is 87.7 Å². The average Bonchev–Trinajstić information content (AvgIpc) is 3.54. The molecule has 0 spiro atoms. The number of aryl methyl sites for hydroxylation is 2. The molecule has 204 valence electrons. The predicted molar refractivity (Wildman–Crippen MR) is 144 cm³/mol. The van der Waals surface area contributed by atoms with E-state index >= 15 is 0 Å². The van der Waals surface area contributed by atoms with Crippen molar-refractivity contribution >= 4 is 22.9 Å². The molecule has 3 aliphatic rings. The molecule has 0 bridgehead atoms. The van der Waals surface area contributed by atoms with Crippen molar-refractivity contribution in [2.45, 2.75) is 58.0 Å². The van der Waals surface area contributed by atoms with Crippen molar-refractivity contribution in [1.29, 1.82) is 0 Å². The van der Waals surface area contributed by atoms with Gasteiger partial charge in [0, 0.05) is 52.2 Å². The molecule has 3 aromatic rings. The van der Waals surface area contributed by atoms with Gasteiger partial charge >= 0.3 is 0 Å². The molecule has 3 aliphatic heterocycles. The number of anilines is 1. The minimum atomic E-state index is -0.0763. The van der Waals surface area contributed by atoms with Gasteiger partial charge in [0.2, 0.25) is 5.91 Å². The number of fused-ring (bicyclic) bond motifs is 3. The van der Waals surface area contributed by atoms with Gasteiger partial charge in [0.15, 0.2) is 17.0 Å². The Labute approximate surface area is 224 Å². The van der Waals surface area contributed by atoms with E-state index in [-0.39, 0.29) is 11.8 Å². The van der Waals surface area contributed by atoms with E-state index in [2.05, 4.69) is 24.3 Å². The van der Waals surface area contributed by atoms with Gasteiger partial charge in [-0.2, -0.15) is 0 Å². The minimum absolute atomic E-state index is 0.0763. The highest BCUT2D eigenvalue weighted by Gasteiger charge is 2.32. The molecular formula is C28H39N7O3. The fourth-order valence-electron chi connectivity index (χ4n) is 6.15. The third kappa shape index (κ3) is 5.56. The summed E-state index contributed by atoms with van der Waals surface area (Å²) in [5.41, 5.74) is 1.82. The number of furan rings is 1. The van der Waals surface area contributed by atoms with E-state index in [1.165, 1.54) is 12.8 Å². The number of carbonyl (C=O) groups is 1. The SMILES string of the molecule is O=C(C1CCCN(c2ncnc3c2nc2n3CCCCC2)C1)N(CCCN1CCOCC1)Cc1ccco1. The summed E-state index contributed by atoms with van der Waals surface area (Å²) in [4.78, 5) is 34.9. The molecular weight excluding hydrogens is 482 g/mol. The lowest BCUT2D eigenvalue weighted by Crippen LogP contribution is -2.46. The number of hydrogen-bond acceptors (Lipinski definition) is 8. The van der Waals surface area contributed by atoms with E-state index in [1.807, 2.05) is 17.0 Å². The van der Waals surface area contributed by atoms with E-state index in [4.69, 9.17) is 14.1 Å². The van der Waals surface area contributed by atoms with Crippen molar-refractivity contribution < 1.29 is 13.9 Å². The molecule has 0 aliphatic carbocycles. The molecule has 0 aromatic carbocycles. The van der Waals surface area contributed by atoms with Crippen molar-refractivity contribution in [3.8, 4) is 0 Å². The van der Waals surface area contributed by atoms with Crippen LogP contribution in [0.15, 0.2) is 29.1 Å². The van der Waals surface area contributed by atoms with E-state index < -0.39 is 0 Å². The van der Waals surface area contributed by atoms with Gasteiger partial charge in [-0.25, -0.2) is 15.0 Å². The highest BCUT2D eigenvalue weighted by Crippen LogP contribution is 2.30. The van der Waals surface area contributed by atoms with Crippen LogP contribution in [0.1, 0.15) is 50.1 Å². The minimum Gasteiger partial charge on any atom is -0.467 e. The first-order valence-corrected chi connectivity index (χ1v) is 14.3. The van der Waals surface area contributed by atoms with Crippen LogP contribution >= 0.6 is 0 Å². The molecule has 1 atom stereocenters. The maximum Gasteiger partial charge on any atom is 0.227 e. The Hall–Kier alpha value is -2.98. The molecule has 10 nitrogen and oxygen atoms in total. The summed E-state index contributed by atoms with van der Waals surface area (Å²) < 4.78 is 13.4. The van der Waals surface area contributed by atoms with Crippen molar-refractivity contribution in [3.63, 3.8) is 0 Å². The Morgan fingerprint density at radius 3 is 2.87 bits per heavy atom. The molecule has 10 heteroatoms. The van der Waals surface area contributed by atoms with Crippen LogP contribution in [0.5, 0.6) is 0 Å². The number of aromatic nitrogens is 4. The second-order valence-electron chi connectivity index (χ2n) is 10.8. The molecule has 3 aromatic heterocycles. The lowest BCUT2D eigenvalue weighted by Gasteiger charge is -2.35. The number of imidazole rings is 1. The zero-order valence-electron chi connectivity index (χ0n) is 22.3. The molecule has 0 radical (unpaired) electrons.